The van der Waals surface area contributed by atoms with Crippen LogP contribution in [0.25, 0.3) is 0 Å². The Morgan fingerprint density at radius 3 is 2.25 bits per heavy atom. The molecule has 1 aromatic carbocycles. The molecule has 3 unspecified atom stereocenters. The monoisotopic (exact) mass is 357 g/mol. The van der Waals surface area contributed by atoms with Crippen LogP contribution in [-0.4, -0.2) is 42.3 Å². The molecule has 0 radical (unpaired) electrons. The van der Waals surface area contributed by atoms with Gasteiger partial charge in [0.15, 0.2) is 0 Å². The molecule has 1 aromatic rings. The lowest BCUT2D eigenvalue weighted by molar-refractivity contribution is -0.147. The summed E-state index contributed by atoms with van der Waals surface area (Å²) in [6.07, 6.45) is 0.284. The smallest absolute Gasteiger partial charge is 0.307 e. The Morgan fingerprint density at radius 2 is 1.75 bits per heavy atom. The van der Waals surface area contributed by atoms with Crippen LogP contribution in [0.2, 0.25) is 0 Å². The average molecular weight is 357 g/mol. The topological polar surface area (TPSA) is 121 Å². The normalized spacial score (nSPS) is 15.3. The lowest BCUT2D eigenvalue weighted by atomic mass is 9.83. The molecule has 3 atom stereocenters. The van der Waals surface area contributed by atoms with Crippen molar-refractivity contribution in [2.24, 2.45) is 11.8 Å². The molecule has 0 saturated heterocycles. The Morgan fingerprint density at radius 1 is 1.17 bits per heavy atom. The van der Waals surface area contributed by atoms with Gasteiger partial charge in [0.05, 0.1) is 11.7 Å². The van der Waals surface area contributed by atoms with Gasteiger partial charge in [-0.3, -0.25) is 14.1 Å². The molecule has 1 rings (SSSR count). The summed E-state index contributed by atoms with van der Waals surface area (Å²) in [5, 5.41) is 11.8. The van der Waals surface area contributed by atoms with Gasteiger partial charge in [-0.05, 0) is 17.9 Å². The predicted molar refractivity (Wildman–Crippen MR) is 89.2 cm³/mol. The summed E-state index contributed by atoms with van der Waals surface area (Å²) in [7, 11) is -4.17. The maximum atomic E-state index is 12.0. The SMILES string of the molecule is CC(CC(C(=O)O)C(C)C(=O)NCCS(=O)(=O)O)c1ccccc1. The molecular weight excluding hydrogens is 334 g/mol. The van der Waals surface area contributed by atoms with E-state index in [-0.39, 0.29) is 18.9 Å². The molecule has 0 spiro atoms. The molecule has 8 heteroatoms. The van der Waals surface area contributed by atoms with Crippen molar-refractivity contribution < 1.29 is 27.7 Å². The molecule has 0 fully saturated rings. The number of benzene rings is 1. The first-order valence-corrected chi connectivity index (χ1v) is 9.23. The number of aliphatic carboxylic acids is 1. The molecule has 0 aliphatic rings. The largest absolute Gasteiger partial charge is 0.481 e. The lowest BCUT2D eigenvalue weighted by Crippen LogP contribution is -2.38. The molecule has 0 heterocycles. The van der Waals surface area contributed by atoms with E-state index in [1.54, 1.807) is 0 Å². The zero-order chi connectivity index (χ0) is 18.3. The molecule has 0 bridgehead atoms. The second-order valence-corrected chi connectivity index (χ2v) is 7.43. The van der Waals surface area contributed by atoms with Gasteiger partial charge in [0, 0.05) is 12.5 Å². The van der Waals surface area contributed by atoms with Crippen LogP contribution in [-0.2, 0) is 19.7 Å². The maximum Gasteiger partial charge on any atom is 0.307 e. The minimum absolute atomic E-state index is 0.0413. The molecule has 1 amide bonds. The van der Waals surface area contributed by atoms with Crippen molar-refractivity contribution in [3.8, 4) is 0 Å². The first kappa shape index (κ1) is 20.1. The first-order chi connectivity index (χ1) is 11.1. The first-order valence-electron chi connectivity index (χ1n) is 7.62. The van der Waals surface area contributed by atoms with Crippen molar-refractivity contribution >= 4 is 22.0 Å². The summed E-state index contributed by atoms with van der Waals surface area (Å²) >= 11 is 0. The standard InChI is InChI=1S/C16H23NO6S/c1-11(13-6-4-3-5-7-13)10-14(16(19)20)12(2)15(18)17-8-9-24(21,22)23/h3-7,11-12,14H,8-10H2,1-2H3,(H,17,18)(H,19,20)(H,21,22,23). The Kier molecular flexibility index (Phi) is 7.37. The zero-order valence-corrected chi connectivity index (χ0v) is 14.5. The third kappa shape index (κ3) is 6.67. The van der Waals surface area contributed by atoms with E-state index < -0.39 is 39.6 Å². The molecule has 0 saturated carbocycles. The van der Waals surface area contributed by atoms with E-state index in [4.69, 9.17) is 4.55 Å². The zero-order valence-electron chi connectivity index (χ0n) is 13.7. The average Bonchev–Trinajstić information content (AvgIpc) is 2.50. The van der Waals surface area contributed by atoms with Crippen molar-refractivity contribution in [3.63, 3.8) is 0 Å². The molecule has 7 nitrogen and oxygen atoms in total. The second-order valence-electron chi connectivity index (χ2n) is 5.86. The lowest BCUT2D eigenvalue weighted by Gasteiger charge is -2.23. The predicted octanol–water partition coefficient (Wildman–Crippen LogP) is 1.52. The fourth-order valence-electron chi connectivity index (χ4n) is 2.46. The van der Waals surface area contributed by atoms with E-state index in [0.717, 1.165) is 5.56 Å². The quantitative estimate of drug-likeness (QED) is 0.576. The van der Waals surface area contributed by atoms with Crippen LogP contribution < -0.4 is 5.32 Å². The number of carboxylic acids is 1. The summed E-state index contributed by atoms with van der Waals surface area (Å²) < 4.78 is 29.9. The molecule has 0 aliphatic carbocycles. The van der Waals surface area contributed by atoms with Gasteiger partial charge >= 0.3 is 5.97 Å². The highest BCUT2D eigenvalue weighted by Crippen LogP contribution is 2.28. The van der Waals surface area contributed by atoms with Crippen LogP contribution >= 0.6 is 0 Å². The van der Waals surface area contributed by atoms with Gasteiger partial charge in [0.25, 0.3) is 10.1 Å². The molecule has 0 aromatic heterocycles. The van der Waals surface area contributed by atoms with E-state index >= 15 is 0 Å². The number of carboxylic acid groups (broad SMARTS) is 1. The minimum atomic E-state index is -4.17. The van der Waals surface area contributed by atoms with E-state index in [9.17, 15) is 23.1 Å². The van der Waals surface area contributed by atoms with Crippen molar-refractivity contribution in [1.29, 1.82) is 0 Å². The van der Waals surface area contributed by atoms with Gasteiger partial charge in [-0.1, -0.05) is 44.2 Å². The number of carbonyl (C=O) groups is 2. The third-order valence-corrected chi connectivity index (χ3v) is 4.69. The highest BCUT2D eigenvalue weighted by Gasteiger charge is 2.31. The van der Waals surface area contributed by atoms with Crippen molar-refractivity contribution in [3.05, 3.63) is 35.9 Å². The van der Waals surface area contributed by atoms with Crippen LogP contribution in [0.4, 0.5) is 0 Å². The minimum Gasteiger partial charge on any atom is -0.481 e. The van der Waals surface area contributed by atoms with Crippen LogP contribution in [0, 0.1) is 11.8 Å². The van der Waals surface area contributed by atoms with Gasteiger partial charge in [-0.15, -0.1) is 0 Å². The summed E-state index contributed by atoms with van der Waals surface area (Å²) in [6.45, 7) is 3.14. The van der Waals surface area contributed by atoms with Gasteiger partial charge in [-0.2, -0.15) is 8.42 Å². The van der Waals surface area contributed by atoms with Gasteiger partial charge in [-0.25, -0.2) is 0 Å². The van der Waals surface area contributed by atoms with Gasteiger partial charge in [0.1, 0.15) is 0 Å². The summed E-state index contributed by atoms with van der Waals surface area (Å²) in [4.78, 5) is 23.6. The van der Waals surface area contributed by atoms with E-state index in [1.165, 1.54) is 6.92 Å². The van der Waals surface area contributed by atoms with Gasteiger partial charge in [0.2, 0.25) is 5.91 Å². The third-order valence-electron chi connectivity index (χ3n) is 3.97. The number of rotatable bonds is 9. The highest BCUT2D eigenvalue weighted by molar-refractivity contribution is 7.85. The van der Waals surface area contributed by atoms with E-state index in [1.807, 2.05) is 37.3 Å². The molecule has 134 valence electrons. The summed E-state index contributed by atoms with van der Waals surface area (Å²) in [6, 6.07) is 9.41. The number of amides is 1. The van der Waals surface area contributed by atoms with Crippen molar-refractivity contribution in [2.75, 3.05) is 12.3 Å². The molecule has 3 N–H and O–H groups in total. The summed E-state index contributed by atoms with van der Waals surface area (Å²) in [5.41, 5.74) is 0.989. The van der Waals surface area contributed by atoms with Crippen LogP contribution in [0.1, 0.15) is 31.7 Å². The van der Waals surface area contributed by atoms with E-state index in [2.05, 4.69) is 5.32 Å². The van der Waals surface area contributed by atoms with E-state index in [0.29, 0.717) is 0 Å². The van der Waals surface area contributed by atoms with Crippen molar-refractivity contribution in [1.82, 2.24) is 5.32 Å². The molecular formula is C16H23NO6S. The molecule has 24 heavy (non-hydrogen) atoms. The Balaban J connectivity index is 2.69. The second kappa shape index (κ2) is 8.79. The number of nitrogens with one attached hydrogen (secondary N) is 1. The van der Waals surface area contributed by atoms with Crippen LogP contribution in [0.15, 0.2) is 30.3 Å². The number of hydrogen-bond donors (Lipinski definition) is 3. The fraction of sp³-hybridized carbons (Fsp3) is 0.500. The van der Waals surface area contributed by atoms with Crippen LogP contribution in [0.5, 0.6) is 0 Å². The Bertz CT molecular complexity index is 658. The van der Waals surface area contributed by atoms with Crippen LogP contribution in [0.3, 0.4) is 0 Å². The molecule has 0 aliphatic heterocycles. The number of hydrogen-bond acceptors (Lipinski definition) is 4. The summed E-state index contributed by atoms with van der Waals surface area (Å²) in [5.74, 6) is -3.99. The van der Waals surface area contributed by atoms with Gasteiger partial charge < -0.3 is 10.4 Å². The maximum absolute atomic E-state index is 12.0. The fourth-order valence-corrected chi connectivity index (χ4v) is 2.82. The number of carbonyl (C=O) groups excluding carboxylic acids is 1. The Hall–Kier alpha value is -1.93. The Labute approximate surface area is 141 Å². The highest BCUT2D eigenvalue weighted by atomic mass is 32.2. The van der Waals surface area contributed by atoms with Crippen molar-refractivity contribution in [2.45, 2.75) is 26.2 Å².